The van der Waals surface area contributed by atoms with Crippen molar-refractivity contribution >= 4 is 41.3 Å². The molecule has 0 atom stereocenters. The Balaban J connectivity index is 0.00000220. The summed E-state index contributed by atoms with van der Waals surface area (Å²) in [4.78, 5) is 16.1. The van der Waals surface area contributed by atoms with E-state index in [1.807, 2.05) is 24.3 Å². The van der Waals surface area contributed by atoms with Gasteiger partial charge in [0, 0.05) is 23.4 Å². The number of amides is 1. The standard InChI is InChI=1S/C14H16ClN3OS.ClH/c15-11-3-1-2-10(8-11)5-7-17-14(19)12-9-20-13(18-12)4-6-16;/h1-3,8-9H,4-7,16H2,(H,17,19);1H. The normalized spacial score (nSPS) is 10.0. The Labute approximate surface area is 139 Å². The minimum Gasteiger partial charge on any atom is -0.350 e. The summed E-state index contributed by atoms with van der Waals surface area (Å²) in [6, 6.07) is 7.62. The zero-order chi connectivity index (χ0) is 14.4. The lowest BCUT2D eigenvalue weighted by atomic mass is 10.1. The summed E-state index contributed by atoms with van der Waals surface area (Å²) >= 11 is 7.37. The van der Waals surface area contributed by atoms with Gasteiger partial charge in [0.15, 0.2) is 0 Å². The predicted octanol–water partition coefficient (Wildman–Crippen LogP) is 2.69. The van der Waals surface area contributed by atoms with E-state index in [1.165, 1.54) is 11.3 Å². The molecule has 1 amide bonds. The molecule has 2 rings (SSSR count). The van der Waals surface area contributed by atoms with E-state index < -0.39 is 0 Å². The molecule has 0 aliphatic carbocycles. The third-order valence-corrected chi connectivity index (χ3v) is 3.87. The molecular formula is C14H17Cl2N3OS. The number of carbonyl (C=O) groups excluding carboxylic acids is 1. The fourth-order valence-electron chi connectivity index (χ4n) is 1.76. The first-order chi connectivity index (χ1) is 9.69. The van der Waals surface area contributed by atoms with Crippen LogP contribution in [0.1, 0.15) is 21.1 Å². The number of nitrogens with one attached hydrogen (secondary N) is 1. The van der Waals surface area contributed by atoms with Crippen LogP contribution < -0.4 is 11.1 Å². The summed E-state index contributed by atoms with van der Waals surface area (Å²) in [5.74, 6) is -0.147. The summed E-state index contributed by atoms with van der Waals surface area (Å²) in [5, 5.41) is 6.22. The van der Waals surface area contributed by atoms with Crippen molar-refractivity contribution in [2.24, 2.45) is 5.73 Å². The van der Waals surface area contributed by atoms with E-state index in [0.717, 1.165) is 17.0 Å². The SMILES string of the molecule is Cl.NCCc1nc(C(=O)NCCc2cccc(Cl)c2)cs1. The number of hydrogen-bond acceptors (Lipinski definition) is 4. The van der Waals surface area contributed by atoms with Crippen LogP contribution in [0.3, 0.4) is 0 Å². The van der Waals surface area contributed by atoms with Crippen LogP contribution >= 0.6 is 35.3 Å². The molecule has 0 fully saturated rings. The molecule has 7 heteroatoms. The Morgan fingerprint density at radius 1 is 1.38 bits per heavy atom. The third-order valence-electron chi connectivity index (χ3n) is 2.73. The van der Waals surface area contributed by atoms with Gasteiger partial charge in [0.1, 0.15) is 5.69 Å². The second kappa shape index (κ2) is 9.00. The quantitative estimate of drug-likeness (QED) is 0.845. The van der Waals surface area contributed by atoms with Gasteiger partial charge in [0.25, 0.3) is 5.91 Å². The molecule has 0 radical (unpaired) electrons. The maximum absolute atomic E-state index is 11.9. The lowest BCUT2D eigenvalue weighted by molar-refractivity contribution is 0.0949. The van der Waals surface area contributed by atoms with Crippen molar-refractivity contribution < 1.29 is 4.79 Å². The minimum absolute atomic E-state index is 0. The minimum atomic E-state index is -0.147. The zero-order valence-corrected chi connectivity index (χ0v) is 13.7. The molecule has 1 aromatic heterocycles. The lowest BCUT2D eigenvalue weighted by Gasteiger charge is -2.04. The first kappa shape index (κ1) is 17.9. The van der Waals surface area contributed by atoms with Gasteiger partial charge in [-0.25, -0.2) is 4.98 Å². The molecule has 3 N–H and O–H groups in total. The molecule has 0 bridgehead atoms. The molecule has 114 valence electrons. The van der Waals surface area contributed by atoms with E-state index in [-0.39, 0.29) is 18.3 Å². The highest BCUT2D eigenvalue weighted by Gasteiger charge is 2.09. The Morgan fingerprint density at radius 3 is 2.90 bits per heavy atom. The van der Waals surface area contributed by atoms with Crippen LogP contribution in [0.25, 0.3) is 0 Å². The van der Waals surface area contributed by atoms with Gasteiger partial charge in [-0.3, -0.25) is 4.79 Å². The Bertz CT molecular complexity index is 589. The van der Waals surface area contributed by atoms with Gasteiger partial charge in [-0.1, -0.05) is 23.7 Å². The van der Waals surface area contributed by atoms with E-state index in [1.54, 1.807) is 5.38 Å². The van der Waals surface area contributed by atoms with Gasteiger partial charge in [-0.2, -0.15) is 0 Å². The number of hydrogen-bond donors (Lipinski definition) is 2. The molecule has 4 nitrogen and oxygen atoms in total. The molecule has 0 saturated heterocycles. The third kappa shape index (κ3) is 5.63. The van der Waals surface area contributed by atoms with Crippen LogP contribution in [0.2, 0.25) is 5.02 Å². The molecule has 0 aliphatic rings. The van der Waals surface area contributed by atoms with Gasteiger partial charge in [-0.15, -0.1) is 23.7 Å². The summed E-state index contributed by atoms with van der Waals surface area (Å²) in [7, 11) is 0. The molecule has 2 aromatic rings. The number of rotatable bonds is 6. The van der Waals surface area contributed by atoms with Crippen LogP contribution in [0, 0.1) is 0 Å². The highest BCUT2D eigenvalue weighted by atomic mass is 35.5. The number of thiazole rings is 1. The number of benzene rings is 1. The van der Waals surface area contributed by atoms with Crippen LogP contribution in [0.15, 0.2) is 29.6 Å². The van der Waals surface area contributed by atoms with Crippen molar-refractivity contribution in [3.63, 3.8) is 0 Å². The average Bonchev–Trinajstić information content (AvgIpc) is 2.88. The Morgan fingerprint density at radius 2 is 2.19 bits per heavy atom. The highest BCUT2D eigenvalue weighted by molar-refractivity contribution is 7.09. The van der Waals surface area contributed by atoms with Crippen molar-refractivity contribution in [1.82, 2.24) is 10.3 Å². The van der Waals surface area contributed by atoms with Gasteiger partial charge in [0.2, 0.25) is 0 Å². The Hall–Kier alpha value is -1.14. The molecule has 21 heavy (non-hydrogen) atoms. The summed E-state index contributed by atoms with van der Waals surface area (Å²) in [6.45, 7) is 1.10. The average molecular weight is 346 g/mol. The molecule has 0 spiro atoms. The van der Waals surface area contributed by atoms with E-state index in [4.69, 9.17) is 17.3 Å². The maximum Gasteiger partial charge on any atom is 0.270 e. The maximum atomic E-state index is 11.9. The number of carbonyl (C=O) groups is 1. The first-order valence-electron chi connectivity index (χ1n) is 6.36. The zero-order valence-electron chi connectivity index (χ0n) is 11.3. The molecule has 0 aliphatic heterocycles. The van der Waals surface area contributed by atoms with Crippen LogP contribution in [0.4, 0.5) is 0 Å². The highest BCUT2D eigenvalue weighted by Crippen LogP contribution is 2.11. The largest absolute Gasteiger partial charge is 0.350 e. The number of halogens is 2. The second-order valence-electron chi connectivity index (χ2n) is 4.30. The van der Waals surface area contributed by atoms with E-state index in [9.17, 15) is 4.79 Å². The van der Waals surface area contributed by atoms with Gasteiger partial charge < -0.3 is 11.1 Å². The van der Waals surface area contributed by atoms with Crippen molar-refractivity contribution in [2.75, 3.05) is 13.1 Å². The first-order valence-corrected chi connectivity index (χ1v) is 7.62. The number of nitrogens with zero attached hydrogens (tertiary/aromatic N) is 1. The Kier molecular flexibility index (Phi) is 7.67. The molecular weight excluding hydrogens is 329 g/mol. The fraction of sp³-hybridized carbons (Fsp3) is 0.286. The monoisotopic (exact) mass is 345 g/mol. The van der Waals surface area contributed by atoms with Gasteiger partial charge >= 0.3 is 0 Å². The number of nitrogens with two attached hydrogens (primary N) is 1. The number of aromatic nitrogens is 1. The van der Waals surface area contributed by atoms with Crippen molar-refractivity contribution in [3.8, 4) is 0 Å². The van der Waals surface area contributed by atoms with Gasteiger partial charge in [-0.05, 0) is 30.7 Å². The molecule has 0 saturated carbocycles. The molecule has 0 unspecified atom stereocenters. The van der Waals surface area contributed by atoms with Gasteiger partial charge in [0.05, 0.1) is 5.01 Å². The van der Waals surface area contributed by atoms with Crippen LogP contribution in [-0.2, 0) is 12.8 Å². The van der Waals surface area contributed by atoms with Crippen molar-refractivity contribution in [1.29, 1.82) is 0 Å². The lowest BCUT2D eigenvalue weighted by Crippen LogP contribution is -2.26. The topological polar surface area (TPSA) is 68.0 Å². The van der Waals surface area contributed by atoms with E-state index in [0.29, 0.717) is 30.2 Å². The van der Waals surface area contributed by atoms with Crippen LogP contribution in [-0.4, -0.2) is 24.0 Å². The summed E-state index contributed by atoms with van der Waals surface area (Å²) in [5.41, 5.74) is 7.02. The summed E-state index contributed by atoms with van der Waals surface area (Å²) < 4.78 is 0. The van der Waals surface area contributed by atoms with Crippen molar-refractivity contribution in [2.45, 2.75) is 12.8 Å². The second-order valence-corrected chi connectivity index (χ2v) is 5.68. The smallest absolute Gasteiger partial charge is 0.270 e. The molecule has 1 heterocycles. The van der Waals surface area contributed by atoms with Crippen molar-refractivity contribution in [3.05, 3.63) is 50.9 Å². The fourth-order valence-corrected chi connectivity index (χ4v) is 2.76. The summed E-state index contributed by atoms with van der Waals surface area (Å²) in [6.07, 6.45) is 1.45. The van der Waals surface area contributed by atoms with Crippen LogP contribution in [0.5, 0.6) is 0 Å². The molecule has 1 aromatic carbocycles. The predicted molar refractivity (Wildman–Crippen MR) is 89.6 cm³/mol. The van der Waals surface area contributed by atoms with E-state index >= 15 is 0 Å². The van der Waals surface area contributed by atoms with E-state index in [2.05, 4.69) is 10.3 Å².